The van der Waals surface area contributed by atoms with Crippen LogP contribution in [0.15, 0.2) is 0 Å². The van der Waals surface area contributed by atoms with Crippen LogP contribution in [0.3, 0.4) is 0 Å². The van der Waals surface area contributed by atoms with Crippen molar-refractivity contribution in [1.29, 1.82) is 0 Å². The van der Waals surface area contributed by atoms with Crippen molar-refractivity contribution in [1.82, 2.24) is 0 Å². The minimum absolute atomic E-state index is 0. The van der Waals surface area contributed by atoms with Gasteiger partial charge in [-0.3, -0.25) is 0 Å². The van der Waals surface area contributed by atoms with E-state index in [4.69, 9.17) is 5.11 Å². The summed E-state index contributed by atoms with van der Waals surface area (Å²) < 4.78 is 0. The van der Waals surface area contributed by atoms with E-state index in [-0.39, 0.29) is 57.8 Å². The second-order valence-corrected chi connectivity index (χ2v) is 1.26. The number of hydrogen-bond acceptors (Lipinski definition) is 1. The van der Waals surface area contributed by atoms with Gasteiger partial charge < -0.3 is 7.96 Å². The van der Waals surface area contributed by atoms with Gasteiger partial charge in [0.2, 0.25) is 0 Å². The molecule has 1 nitrogen and oxygen atoms in total. The van der Waals surface area contributed by atoms with E-state index in [1.807, 2.05) is 6.92 Å². The first kappa shape index (κ1) is 10.5. The largest absolute Gasteiger partial charge is 2.00 e. The van der Waals surface area contributed by atoms with Crippen LogP contribution in [0.1, 0.15) is 23.1 Å². The predicted molar refractivity (Wildman–Crippen MR) is 29.9 cm³/mol. The molecule has 0 bridgehead atoms. The average Bonchev–Trinajstić information content (AvgIpc) is 1.38. The van der Waals surface area contributed by atoms with E-state index in [1.165, 1.54) is 0 Å². The fourth-order valence-electron chi connectivity index (χ4n) is 0. The Morgan fingerprint density at radius 3 is 2.00 bits per heavy atom. The maximum atomic E-state index is 8.36. The third-order valence-corrected chi connectivity index (χ3v) is 0.591. The van der Waals surface area contributed by atoms with E-state index in [2.05, 4.69) is 0 Å². The molecule has 0 spiro atoms. The van der Waals surface area contributed by atoms with Gasteiger partial charge in [-0.15, -0.1) is 0 Å². The fourth-order valence-corrected chi connectivity index (χ4v) is 0. The van der Waals surface area contributed by atoms with Crippen molar-refractivity contribution in [2.45, 2.75) is 26.4 Å². The fraction of sp³-hybridized carbons (Fsp3) is 1.00. The van der Waals surface area contributed by atoms with Gasteiger partial charge in [0.15, 0.2) is 0 Å². The summed E-state index contributed by atoms with van der Waals surface area (Å²) in [6.07, 6.45) is 0.745. The van der Waals surface area contributed by atoms with E-state index < -0.39 is 0 Å². The molecule has 0 saturated heterocycles. The summed E-state index contributed by atoms with van der Waals surface area (Å²) >= 11 is 0. The summed E-state index contributed by atoms with van der Waals surface area (Å²) in [6, 6.07) is 0. The SMILES string of the molecule is CCC(C)O.[Ba+2].[H-].[H-]. The van der Waals surface area contributed by atoms with Gasteiger partial charge in [-0.25, -0.2) is 0 Å². The molecule has 0 heterocycles. The average molecular weight is 213 g/mol. The minimum atomic E-state index is -0.116. The summed E-state index contributed by atoms with van der Waals surface area (Å²) in [6.45, 7) is 3.73. The summed E-state index contributed by atoms with van der Waals surface area (Å²) in [5, 5.41) is 8.36. The molecule has 0 saturated carbocycles. The smallest absolute Gasteiger partial charge is 1.00 e. The Labute approximate surface area is 82.2 Å². The summed E-state index contributed by atoms with van der Waals surface area (Å²) in [5.41, 5.74) is 0. The molecular formula is C4H12BaO. The molecule has 0 amide bonds. The molecule has 0 aliphatic rings. The summed E-state index contributed by atoms with van der Waals surface area (Å²) in [7, 11) is 0. The molecule has 0 aromatic heterocycles. The molecule has 0 aromatic rings. The number of hydrogen-bond donors (Lipinski definition) is 1. The Hall–Kier alpha value is 1.53. The van der Waals surface area contributed by atoms with Crippen LogP contribution in [0.5, 0.6) is 0 Å². The van der Waals surface area contributed by atoms with Crippen molar-refractivity contribution in [3.8, 4) is 0 Å². The maximum absolute atomic E-state index is 8.36. The van der Waals surface area contributed by atoms with E-state index >= 15 is 0 Å². The topological polar surface area (TPSA) is 20.2 Å². The first-order valence-electron chi connectivity index (χ1n) is 1.95. The minimum Gasteiger partial charge on any atom is -1.00 e. The van der Waals surface area contributed by atoms with Gasteiger partial charge in [0.05, 0.1) is 6.10 Å². The van der Waals surface area contributed by atoms with Gasteiger partial charge in [-0.05, 0) is 13.3 Å². The first-order valence-corrected chi connectivity index (χ1v) is 1.95. The second-order valence-electron chi connectivity index (χ2n) is 1.26. The second kappa shape index (κ2) is 6.53. The summed E-state index contributed by atoms with van der Waals surface area (Å²) in [4.78, 5) is 0. The molecule has 36 valence electrons. The molecule has 6 heavy (non-hydrogen) atoms. The van der Waals surface area contributed by atoms with Crippen molar-refractivity contribution >= 4 is 48.9 Å². The van der Waals surface area contributed by atoms with Crippen LogP contribution in [0.4, 0.5) is 0 Å². The van der Waals surface area contributed by atoms with Crippen LogP contribution >= 0.6 is 0 Å². The van der Waals surface area contributed by atoms with Gasteiger partial charge in [-0.2, -0.15) is 0 Å². The van der Waals surface area contributed by atoms with E-state index in [9.17, 15) is 0 Å². The molecule has 0 radical (unpaired) electrons. The van der Waals surface area contributed by atoms with Crippen LogP contribution in [-0.2, 0) is 0 Å². The van der Waals surface area contributed by atoms with Crippen molar-refractivity contribution in [2.24, 2.45) is 0 Å². The molecule has 0 aromatic carbocycles. The maximum Gasteiger partial charge on any atom is 2.00 e. The Morgan fingerprint density at radius 1 is 1.83 bits per heavy atom. The first-order chi connectivity index (χ1) is 2.27. The van der Waals surface area contributed by atoms with E-state index in [1.54, 1.807) is 6.92 Å². The zero-order chi connectivity index (χ0) is 4.28. The zero-order valence-electron chi connectivity index (χ0n) is 6.44. The molecule has 2 heteroatoms. The Kier molecular flexibility index (Phi) is 11.4. The molecule has 0 rings (SSSR count). The molecule has 0 aliphatic heterocycles. The zero-order valence-corrected chi connectivity index (χ0v) is 8.88. The van der Waals surface area contributed by atoms with E-state index in [0.717, 1.165) is 6.42 Å². The van der Waals surface area contributed by atoms with Crippen LogP contribution in [0.25, 0.3) is 0 Å². The predicted octanol–water partition coefficient (Wildman–Crippen LogP) is 0.621. The standard InChI is InChI=1S/C4H10O.Ba.2H/c1-3-4(2)5;;;/h4-5H,3H2,1-2H3;;;/q;+2;2*-1. The van der Waals surface area contributed by atoms with Gasteiger partial charge in [0.25, 0.3) is 0 Å². The normalized spacial score (nSPS) is 12.5. The van der Waals surface area contributed by atoms with Crippen LogP contribution in [0, 0.1) is 0 Å². The molecule has 1 unspecified atom stereocenters. The van der Waals surface area contributed by atoms with Crippen molar-refractivity contribution < 1.29 is 7.96 Å². The Balaban J connectivity index is -0.0000000267. The van der Waals surface area contributed by atoms with Crippen molar-refractivity contribution in [3.05, 3.63) is 0 Å². The number of aliphatic hydroxyl groups excluding tert-OH is 1. The van der Waals surface area contributed by atoms with E-state index in [0.29, 0.717) is 0 Å². The van der Waals surface area contributed by atoms with Crippen LogP contribution < -0.4 is 0 Å². The third kappa shape index (κ3) is 9.11. The molecule has 1 atom stereocenters. The van der Waals surface area contributed by atoms with Gasteiger partial charge in [0.1, 0.15) is 0 Å². The van der Waals surface area contributed by atoms with Crippen molar-refractivity contribution in [2.75, 3.05) is 0 Å². The molecular weight excluding hydrogens is 201 g/mol. The third-order valence-electron chi connectivity index (χ3n) is 0.591. The van der Waals surface area contributed by atoms with Gasteiger partial charge >= 0.3 is 48.9 Å². The quantitative estimate of drug-likeness (QED) is 0.633. The monoisotopic (exact) mass is 214 g/mol. The van der Waals surface area contributed by atoms with Crippen LogP contribution in [-0.4, -0.2) is 60.1 Å². The van der Waals surface area contributed by atoms with Gasteiger partial charge in [0, 0.05) is 0 Å². The number of aliphatic hydroxyl groups is 1. The Morgan fingerprint density at radius 2 is 2.00 bits per heavy atom. The number of rotatable bonds is 1. The Bertz CT molecular complexity index is 28.0. The van der Waals surface area contributed by atoms with Gasteiger partial charge in [-0.1, -0.05) is 6.92 Å². The van der Waals surface area contributed by atoms with Crippen LogP contribution in [0.2, 0.25) is 0 Å². The molecule has 0 fully saturated rings. The summed E-state index contributed by atoms with van der Waals surface area (Å²) in [5.74, 6) is 0. The van der Waals surface area contributed by atoms with Crippen molar-refractivity contribution in [3.63, 3.8) is 0 Å². The molecule has 0 aliphatic carbocycles. The molecule has 1 N–H and O–H groups in total.